The van der Waals surface area contributed by atoms with E-state index in [9.17, 15) is 0 Å². The zero-order chi connectivity index (χ0) is 4.12. The van der Waals surface area contributed by atoms with E-state index in [0.717, 1.165) is 0 Å². The SMILES string of the molecule is C=CCOI. The van der Waals surface area contributed by atoms with Gasteiger partial charge in [-0.2, -0.15) is 0 Å². The van der Waals surface area contributed by atoms with Gasteiger partial charge in [0, 0.05) is 0 Å². The molecule has 2 heteroatoms. The molecule has 0 unspecified atom stereocenters. The minimum atomic E-state index is 0.639. The first kappa shape index (κ1) is 5.43. The van der Waals surface area contributed by atoms with Gasteiger partial charge >= 0.3 is 0 Å². The minimum absolute atomic E-state index is 0.639. The lowest BCUT2D eigenvalue weighted by Crippen LogP contribution is -1.67. The second kappa shape index (κ2) is 4.43. The van der Waals surface area contributed by atoms with Crippen LogP contribution < -0.4 is 0 Å². The lowest BCUT2D eigenvalue weighted by Gasteiger charge is -1.75. The molecule has 0 rings (SSSR count). The second-order valence-electron chi connectivity index (χ2n) is 0.564. The predicted octanol–water partition coefficient (Wildman–Crippen LogP) is 1.54. The van der Waals surface area contributed by atoms with E-state index in [1.54, 1.807) is 6.08 Å². The van der Waals surface area contributed by atoms with Crippen LogP contribution in [-0.4, -0.2) is 6.61 Å². The highest BCUT2D eigenvalue weighted by Gasteiger charge is 1.61. The van der Waals surface area contributed by atoms with Crippen LogP contribution in [0.5, 0.6) is 0 Å². The first-order valence-electron chi connectivity index (χ1n) is 1.26. The van der Waals surface area contributed by atoms with Gasteiger partial charge in [0.25, 0.3) is 0 Å². The maximum Gasteiger partial charge on any atom is 0.110 e. The molecule has 0 aliphatic rings. The van der Waals surface area contributed by atoms with E-state index < -0.39 is 0 Å². The van der Waals surface area contributed by atoms with Gasteiger partial charge in [0.1, 0.15) is 23.0 Å². The summed E-state index contributed by atoms with van der Waals surface area (Å²) in [7, 11) is 0. The van der Waals surface area contributed by atoms with Crippen LogP contribution in [0.4, 0.5) is 0 Å². The van der Waals surface area contributed by atoms with Crippen LogP contribution in [-0.2, 0) is 3.07 Å². The van der Waals surface area contributed by atoms with Crippen molar-refractivity contribution in [2.45, 2.75) is 0 Å². The lowest BCUT2D eigenvalue weighted by atomic mass is 10.7. The van der Waals surface area contributed by atoms with Crippen molar-refractivity contribution in [1.29, 1.82) is 0 Å². The molecule has 0 amide bonds. The Morgan fingerprint density at radius 2 is 2.60 bits per heavy atom. The summed E-state index contributed by atoms with van der Waals surface area (Å²) in [4.78, 5) is 0. The van der Waals surface area contributed by atoms with Crippen molar-refractivity contribution in [3.05, 3.63) is 12.7 Å². The molecule has 0 N–H and O–H groups in total. The van der Waals surface area contributed by atoms with Crippen LogP contribution in [0.15, 0.2) is 12.7 Å². The molecule has 1 nitrogen and oxygen atoms in total. The van der Waals surface area contributed by atoms with Crippen molar-refractivity contribution < 1.29 is 3.07 Å². The molecule has 0 aliphatic carbocycles. The number of halogens is 1. The number of hydrogen-bond donors (Lipinski definition) is 0. The van der Waals surface area contributed by atoms with Crippen LogP contribution in [0.25, 0.3) is 0 Å². The fourth-order valence-electron chi connectivity index (χ4n) is 0.0445. The quantitative estimate of drug-likeness (QED) is 0.467. The van der Waals surface area contributed by atoms with E-state index in [2.05, 4.69) is 9.65 Å². The third kappa shape index (κ3) is 4.43. The van der Waals surface area contributed by atoms with Crippen LogP contribution in [0.3, 0.4) is 0 Å². The standard InChI is InChI=1S/C3H5IO/c1-2-3-5-4/h2H,1,3H2. The van der Waals surface area contributed by atoms with Gasteiger partial charge in [0.2, 0.25) is 0 Å². The maximum absolute atomic E-state index is 4.54. The van der Waals surface area contributed by atoms with Gasteiger partial charge in [0.15, 0.2) is 0 Å². The Morgan fingerprint density at radius 1 is 2.00 bits per heavy atom. The molecule has 0 saturated heterocycles. The molecule has 0 atom stereocenters. The third-order valence-electron chi connectivity index (χ3n) is 0.181. The largest absolute Gasteiger partial charge is 0.312 e. The van der Waals surface area contributed by atoms with E-state index in [1.807, 2.05) is 23.0 Å². The Balaban J connectivity index is 2.40. The van der Waals surface area contributed by atoms with E-state index in [1.165, 1.54) is 0 Å². The highest BCUT2D eigenvalue weighted by molar-refractivity contribution is 14.1. The highest BCUT2D eigenvalue weighted by Crippen LogP contribution is 1.81. The molecule has 0 spiro atoms. The number of rotatable bonds is 2. The van der Waals surface area contributed by atoms with E-state index >= 15 is 0 Å². The summed E-state index contributed by atoms with van der Waals surface area (Å²) in [5.74, 6) is 0. The average Bonchev–Trinajstić information content (AvgIpc) is 1.41. The molecule has 30 valence electrons. The van der Waals surface area contributed by atoms with Crippen LogP contribution in [0.1, 0.15) is 0 Å². The summed E-state index contributed by atoms with van der Waals surface area (Å²) < 4.78 is 4.54. The number of hydrogen-bond acceptors (Lipinski definition) is 1. The molecule has 0 saturated carbocycles. The summed E-state index contributed by atoms with van der Waals surface area (Å²) in [5.41, 5.74) is 0. The summed E-state index contributed by atoms with van der Waals surface area (Å²) >= 11 is 1.82. The van der Waals surface area contributed by atoms with Crippen molar-refractivity contribution >= 4 is 23.0 Å². The molecular formula is C3H5IO. The Kier molecular flexibility index (Phi) is 4.81. The van der Waals surface area contributed by atoms with Gasteiger partial charge < -0.3 is 3.07 Å². The van der Waals surface area contributed by atoms with Gasteiger partial charge in [-0.15, -0.1) is 6.58 Å². The predicted molar refractivity (Wildman–Crippen MR) is 30.2 cm³/mol. The Bertz CT molecular complexity index is 28.1. The van der Waals surface area contributed by atoms with Crippen LogP contribution in [0, 0.1) is 0 Å². The maximum atomic E-state index is 4.54. The molecule has 0 radical (unpaired) electrons. The highest BCUT2D eigenvalue weighted by atomic mass is 127. The Morgan fingerprint density at radius 3 is 2.60 bits per heavy atom. The van der Waals surface area contributed by atoms with Gasteiger partial charge in [0.05, 0.1) is 6.61 Å². The fourth-order valence-corrected chi connectivity index (χ4v) is 0.299. The average molecular weight is 184 g/mol. The molecule has 0 aliphatic heterocycles. The zero-order valence-electron chi connectivity index (χ0n) is 2.78. The molecule has 0 aromatic carbocycles. The molecule has 0 bridgehead atoms. The van der Waals surface area contributed by atoms with Gasteiger partial charge in [-0.25, -0.2) is 0 Å². The third-order valence-corrected chi connectivity index (χ3v) is 0.540. The van der Waals surface area contributed by atoms with E-state index in [0.29, 0.717) is 6.61 Å². The monoisotopic (exact) mass is 184 g/mol. The fraction of sp³-hybridized carbons (Fsp3) is 0.333. The van der Waals surface area contributed by atoms with E-state index in [4.69, 9.17) is 0 Å². The molecular weight excluding hydrogens is 179 g/mol. The Labute approximate surface area is 45.7 Å². The lowest BCUT2D eigenvalue weighted by molar-refractivity contribution is 0.489. The van der Waals surface area contributed by atoms with Gasteiger partial charge in [-0.1, -0.05) is 6.08 Å². The summed E-state index contributed by atoms with van der Waals surface area (Å²) in [5, 5.41) is 0. The first-order chi connectivity index (χ1) is 2.41. The van der Waals surface area contributed by atoms with Crippen LogP contribution in [0.2, 0.25) is 0 Å². The second-order valence-corrected chi connectivity index (χ2v) is 1.19. The zero-order valence-corrected chi connectivity index (χ0v) is 4.94. The molecule has 0 fully saturated rings. The molecule has 5 heavy (non-hydrogen) atoms. The van der Waals surface area contributed by atoms with Crippen LogP contribution >= 0.6 is 23.0 Å². The van der Waals surface area contributed by atoms with Crippen molar-refractivity contribution in [2.24, 2.45) is 0 Å². The smallest absolute Gasteiger partial charge is 0.110 e. The van der Waals surface area contributed by atoms with Crippen molar-refractivity contribution in [2.75, 3.05) is 6.61 Å². The van der Waals surface area contributed by atoms with Gasteiger partial charge in [-0.3, -0.25) is 0 Å². The van der Waals surface area contributed by atoms with Crippen molar-refractivity contribution in [3.63, 3.8) is 0 Å². The van der Waals surface area contributed by atoms with Gasteiger partial charge in [-0.05, 0) is 0 Å². The summed E-state index contributed by atoms with van der Waals surface area (Å²) in [6, 6.07) is 0. The van der Waals surface area contributed by atoms with E-state index in [-0.39, 0.29) is 0 Å². The molecule has 0 aromatic heterocycles. The molecule has 0 aromatic rings. The summed E-state index contributed by atoms with van der Waals surface area (Å²) in [6.07, 6.45) is 1.70. The normalized spacial score (nSPS) is 7.40. The minimum Gasteiger partial charge on any atom is -0.312 e. The topological polar surface area (TPSA) is 9.23 Å². The first-order valence-corrected chi connectivity index (χ1v) is 2.14. The Hall–Kier alpha value is 0.430. The van der Waals surface area contributed by atoms with Crippen molar-refractivity contribution in [1.82, 2.24) is 0 Å². The molecule has 0 heterocycles. The van der Waals surface area contributed by atoms with Crippen molar-refractivity contribution in [3.8, 4) is 0 Å². The summed E-state index contributed by atoms with van der Waals surface area (Å²) in [6.45, 7) is 4.06.